The predicted octanol–water partition coefficient (Wildman–Crippen LogP) is 2.00. The summed E-state index contributed by atoms with van der Waals surface area (Å²) in [6.45, 7) is 3.85. The SMILES string of the molecule is Cc1cc(C)n(-c2cccc(NC(=O)c3ccc(S(=O)(=O)CC(N)=O)cc3)c2)n1. The molecule has 3 aromatic rings. The number of primary amides is 1. The number of carbonyl (C=O) groups is 2. The summed E-state index contributed by atoms with van der Waals surface area (Å²) in [5.74, 6) is -2.11. The van der Waals surface area contributed by atoms with Gasteiger partial charge in [-0.2, -0.15) is 5.10 Å². The fraction of sp³-hybridized carbons (Fsp3) is 0.150. The Balaban J connectivity index is 1.78. The highest BCUT2D eigenvalue weighted by molar-refractivity contribution is 7.92. The summed E-state index contributed by atoms with van der Waals surface area (Å²) in [7, 11) is -3.82. The van der Waals surface area contributed by atoms with Crippen LogP contribution in [0.15, 0.2) is 59.5 Å². The number of nitrogens with zero attached hydrogens (tertiary/aromatic N) is 2. The van der Waals surface area contributed by atoms with Crippen LogP contribution in [0.5, 0.6) is 0 Å². The molecule has 1 heterocycles. The van der Waals surface area contributed by atoms with Gasteiger partial charge in [0.05, 0.1) is 16.3 Å². The normalized spacial score (nSPS) is 11.2. The van der Waals surface area contributed by atoms with Crippen molar-refractivity contribution in [3.8, 4) is 5.69 Å². The van der Waals surface area contributed by atoms with Crippen LogP contribution in [0.3, 0.4) is 0 Å². The van der Waals surface area contributed by atoms with Crippen molar-refractivity contribution < 1.29 is 18.0 Å². The van der Waals surface area contributed by atoms with Gasteiger partial charge in [0.15, 0.2) is 9.84 Å². The molecule has 0 aliphatic rings. The number of hydrogen-bond acceptors (Lipinski definition) is 5. The molecular formula is C20H20N4O4S. The standard InChI is InChI=1S/C20H20N4O4S/c1-13-10-14(2)24(23-13)17-5-3-4-16(11-17)22-20(26)15-6-8-18(9-7-15)29(27,28)12-19(21)25/h3-11H,12H2,1-2H3,(H2,21,25)(H,22,26). The molecule has 0 aliphatic carbocycles. The number of carbonyl (C=O) groups excluding carboxylic acids is 2. The Kier molecular flexibility index (Phi) is 5.51. The van der Waals surface area contributed by atoms with Crippen LogP contribution in [0, 0.1) is 13.8 Å². The van der Waals surface area contributed by atoms with Crippen molar-refractivity contribution in [2.75, 3.05) is 11.1 Å². The van der Waals surface area contributed by atoms with E-state index >= 15 is 0 Å². The van der Waals surface area contributed by atoms with Gasteiger partial charge < -0.3 is 11.1 Å². The number of nitrogens with two attached hydrogens (primary N) is 1. The van der Waals surface area contributed by atoms with E-state index in [4.69, 9.17) is 5.73 Å². The van der Waals surface area contributed by atoms with E-state index in [1.807, 2.05) is 26.0 Å². The van der Waals surface area contributed by atoms with Crippen LogP contribution < -0.4 is 11.1 Å². The van der Waals surface area contributed by atoms with Crippen LogP contribution in [0.4, 0.5) is 5.69 Å². The monoisotopic (exact) mass is 412 g/mol. The van der Waals surface area contributed by atoms with Crippen molar-refractivity contribution in [2.45, 2.75) is 18.7 Å². The Morgan fingerprint density at radius 2 is 1.76 bits per heavy atom. The van der Waals surface area contributed by atoms with E-state index in [0.717, 1.165) is 17.1 Å². The summed E-state index contributed by atoms with van der Waals surface area (Å²) in [6, 6.07) is 14.5. The molecule has 2 aromatic carbocycles. The quantitative estimate of drug-likeness (QED) is 0.641. The third-order valence-electron chi connectivity index (χ3n) is 4.17. The number of nitrogens with one attached hydrogen (secondary N) is 1. The first-order valence-electron chi connectivity index (χ1n) is 8.72. The number of benzene rings is 2. The second-order valence-electron chi connectivity index (χ2n) is 6.59. The van der Waals surface area contributed by atoms with E-state index in [-0.39, 0.29) is 10.5 Å². The Morgan fingerprint density at radius 1 is 1.07 bits per heavy atom. The molecule has 0 bridgehead atoms. The molecule has 3 N–H and O–H groups in total. The van der Waals surface area contributed by atoms with E-state index in [2.05, 4.69) is 10.4 Å². The summed E-state index contributed by atoms with van der Waals surface area (Å²) < 4.78 is 25.8. The van der Waals surface area contributed by atoms with Crippen molar-refractivity contribution >= 4 is 27.3 Å². The number of amides is 2. The molecule has 8 nitrogen and oxygen atoms in total. The van der Waals surface area contributed by atoms with Crippen LogP contribution in [0.1, 0.15) is 21.7 Å². The minimum absolute atomic E-state index is 0.0700. The summed E-state index contributed by atoms with van der Waals surface area (Å²) in [5, 5.41) is 7.21. The molecule has 0 unspecified atom stereocenters. The lowest BCUT2D eigenvalue weighted by Gasteiger charge is -2.09. The lowest BCUT2D eigenvalue weighted by Crippen LogP contribution is -2.23. The van der Waals surface area contributed by atoms with Crippen molar-refractivity contribution in [2.24, 2.45) is 5.73 Å². The van der Waals surface area contributed by atoms with Crippen LogP contribution in [-0.2, 0) is 14.6 Å². The van der Waals surface area contributed by atoms with Crippen molar-refractivity contribution in [1.82, 2.24) is 9.78 Å². The van der Waals surface area contributed by atoms with Gasteiger partial charge in [-0.25, -0.2) is 13.1 Å². The van der Waals surface area contributed by atoms with Crippen LogP contribution in [0.25, 0.3) is 5.69 Å². The van der Waals surface area contributed by atoms with Gasteiger partial charge in [0, 0.05) is 16.9 Å². The second kappa shape index (κ2) is 7.88. The zero-order valence-electron chi connectivity index (χ0n) is 15.9. The molecule has 2 amide bonds. The Bertz CT molecular complexity index is 1180. The lowest BCUT2D eigenvalue weighted by atomic mass is 10.2. The maximum Gasteiger partial charge on any atom is 0.255 e. The molecule has 150 valence electrons. The van der Waals surface area contributed by atoms with Crippen molar-refractivity contribution in [1.29, 1.82) is 0 Å². The lowest BCUT2D eigenvalue weighted by molar-refractivity contribution is -0.115. The third-order valence-corrected chi connectivity index (χ3v) is 5.82. The number of anilines is 1. The number of aryl methyl sites for hydroxylation is 2. The van der Waals surface area contributed by atoms with Gasteiger partial charge in [0.1, 0.15) is 5.75 Å². The molecule has 0 radical (unpaired) electrons. The molecule has 29 heavy (non-hydrogen) atoms. The highest BCUT2D eigenvalue weighted by Gasteiger charge is 2.18. The number of hydrogen-bond donors (Lipinski definition) is 2. The summed E-state index contributed by atoms with van der Waals surface area (Å²) >= 11 is 0. The topological polar surface area (TPSA) is 124 Å². The fourth-order valence-corrected chi connectivity index (χ4v) is 3.99. The van der Waals surface area contributed by atoms with Gasteiger partial charge in [0.2, 0.25) is 5.91 Å². The van der Waals surface area contributed by atoms with Crippen molar-refractivity contribution in [3.63, 3.8) is 0 Å². The van der Waals surface area contributed by atoms with Gasteiger partial charge in [0.25, 0.3) is 5.91 Å². The zero-order valence-corrected chi connectivity index (χ0v) is 16.7. The molecule has 3 rings (SSSR count). The van der Waals surface area contributed by atoms with E-state index in [1.54, 1.807) is 22.9 Å². The molecular weight excluding hydrogens is 392 g/mol. The van der Waals surface area contributed by atoms with E-state index < -0.39 is 27.4 Å². The fourth-order valence-electron chi connectivity index (χ4n) is 2.89. The highest BCUT2D eigenvalue weighted by atomic mass is 32.2. The maximum absolute atomic E-state index is 12.5. The van der Waals surface area contributed by atoms with Crippen molar-refractivity contribution in [3.05, 3.63) is 71.5 Å². The van der Waals surface area contributed by atoms with Crippen LogP contribution in [-0.4, -0.2) is 35.8 Å². The predicted molar refractivity (Wildman–Crippen MR) is 109 cm³/mol. The number of aromatic nitrogens is 2. The largest absolute Gasteiger partial charge is 0.369 e. The molecule has 0 fully saturated rings. The van der Waals surface area contributed by atoms with Crippen LogP contribution >= 0.6 is 0 Å². The summed E-state index contributed by atoms with van der Waals surface area (Å²) in [4.78, 5) is 23.3. The number of sulfone groups is 1. The maximum atomic E-state index is 12.5. The Hall–Kier alpha value is -3.46. The zero-order chi connectivity index (χ0) is 21.2. The molecule has 0 saturated carbocycles. The Labute approximate surface area is 168 Å². The first-order valence-corrected chi connectivity index (χ1v) is 10.4. The van der Waals surface area contributed by atoms with Gasteiger partial charge in [-0.15, -0.1) is 0 Å². The van der Waals surface area contributed by atoms with Gasteiger partial charge in [-0.05, 0) is 62.4 Å². The smallest absolute Gasteiger partial charge is 0.255 e. The van der Waals surface area contributed by atoms with Gasteiger partial charge in [-0.3, -0.25) is 9.59 Å². The molecule has 1 aromatic heterocycles. The van der Waals surface area contributed by atoms with E-state index in [1.165, 1.54) is 24.3 Å². The molecule has 0 saturated heterocycles. The second-order valence-corrected chi connectivity index (χ2v) is 8.58. The first-order chi connectivity index (χ1) is 13.7. The van der Waals surface area contributed by atoms with Crippen LogP contribution in [0.2, 0.25) is 0 Å². The summed E-state index contributed by atoms with van der Waals surface area (Å²) in [5.41, 5.74) is 8.48. The minimum Gasteiger partial charge on any atom is -0.369 e. The third kappa shape index (κ3) is 4.69. The molecule has 0 spiro atoms. The summed E-state index contributed by atoms with van der Waals surface area (Å²) in [6.07, 6.45) is 0. The molecule has 0 aliphatic heterocycles. The number of rotatable bonds is 6. The minimum atomic E-state index is -3.82. The molecule has 0 atom stereocenters. The average molecular weight is 412 g/mol. The highest BCUT2D eigenvalue weighted by Crippen LogP contribution is 2.18. The average Bonchev–Trinajstić information content (AvgIpc) is 2.99. The van der Waals surface area contributed by atoms with Gasteiger partial charge >= 0.3 is 0 Å². The van der Waals surface area contributed by atoms with E-state index in [9.17, 15) is 18.0 Å². The molecule has 9 heteroatoms. The van der Waals surface area contributed by atoms with E-state index in [0.29, 0.717) is 5.69 Å². The Morgan fingerprint density at radius 3 is 2.34 bits per heavy atom. The first kappa shape index (κ1) is 20.3. The van der Waals surface area contributed by atoms with Gasteiger partial charge in [-0.1, -0.05) is 6.07 Å².